The van der Waals surface area contributed by atoms with Gasteiger partial charge in [0.15, 0.2) is 0 Å². The molecule has 0 heterocycles. The normalized spacial score (nSPS) is 14.9. The Morgan fingerprint density at radius 2 is 1.94 bits per heavy atom. The monoisotopic (exact) mass is 228 g/mol. The first kappa shape index (κ1) is 15.4. The number of carbonyl (C=O) groups is 1. The van der Waals surface area contributed by atoms with E-state index >= 15 is 0 Å². The van der Waals surface area contributed by atoms with Crippen LogP contribution in [-0.2, 0) is 4.79 Å². The fourth-order valence-corrected chi connectivity index (χ4v) is 1.82. The van der Waals surface area contributed by atoms with Crippen LogP contribution in [0.3, 0.4) is 0 Å². The second-order valence-electron chi connectivity index (χ2n) is 5.11. The van der Waals surface area contributed by atoms with E-state index in [2.05, 4.69) is 33.0 Å². The highest BCUT2D eigenvalue weighted by atomic mass is 16.1. The van der Waals surface area contributed by atoms with Crippen molar-refractivity contribution in [3.63, 3.8) is 0 Å². The molecule has 0 aliphatic heterocycles. The molecule has 0 saturated heterocycles. The molecule has 0 bridgehead atoms. The van der Waals surface area contributed by atoms with Gasteiger partial charge in [-0.15, -0.1) is 0 Å². The maximum atomic E-state index is 11.9. The topological polar surface area (TPSA) is 55.1 Å². The van der Waals surface area contributed by atoms with Crippen LogP contribution in [0.4, 0.5) is 0 Å². The van der Waals surface area contributed by atoms with Crippen molar-refractivity contribution in [2.24, 2.45) is 17.6 Å². The van der Waals surface area contributed by atoms with Gasteiger partial charge in [-0.3, -0.25) is 4.79 Å². The molecule has 96 valence electrons. The molecule has 0 rings (SSSR count). The molecular weight excluding hydrogens is 200 g/mol. The minimum absolute atomic E-state index is 0.0240. The summed E-state index contributed by atoms with van der Waals surface area (Å²) in [5, 5.41) is 3.05. The van der Waals surface area contributed by atoms with Crippen molar-refractivity contribution >= 4 is 5.91 Å². The molecule has 1 amide bonds. The highest BCUT2D eigenvalue weighted by molar-refractivity contribution is 5.79. The van der Waals surface area contributed by atoms with Crippen LogP contribution in [0.15, 0.2) is 0 Å². The van der Waals surface area contributed by atoms with Crippen LogP contribution in [0.5, 0.6) is 0 Å². The van der Waals surface area contributed by atoms with Crippen molar-refractivity contribution in [1.82, 2.24) is 5.32 Å². The van der Waals surface area contributed by atoms with E-state index in [9.17, 15) is 4.79 Å². The summed E-state index contributed by atoms with van der Waals surface area (Å²) >= 11 is 0. The lowest BCUT2D eigenvalue weighted by Gasteiger charge is -2.20. The lowest BCUT2D eigenvalue weighted by atomic mass is 9.96. The second-order valence-corrected chi connectivity index (χ2v) is 5.11. The third-order valence-corrected chi connectivity index (χ3v) is 2.79. The van der Waals surface area contributed by atoms with Crippen molar-refractivity contribution < 1.29 is 4.79 Å². The SMILES string of the molecule is CCCCC(C)NC(=O)C(CN)CC(C)C. The summed E-state index contributed by atoms with van der Waals surface area (Å²) in [7, 11) is 0. The van der Waals surface area contributed by atoms with Crippen molar-refractivity contribution in [1.29, 1.82) is 0 Å². The summed E-state index contributed by atoms with van der Waals surface area (Å²) in [5.74, 6) is 0.620. The van der Waals surface area contributed by atoms with Gasteiger partial charge >= 0.3 is 0 Å². The first-order valence-corrected chi connectivity index (χ1v) is 6.51. The number of nitrogens with two attached hydrogens (primary N) is 1. The minimum Gasteiger partial charge on any atom is -0.353 e. The molecule has 0 aromatic rings. The van der Waals surface area contributed by atoms with Crippen LogP contribution in [0.1, 0.15) is 53.4 Å². The Hall–Kier alpha value is -0.570. The van der Waals surface area contributed by atoms with Crippen LogP contribution in [0.2, 0.25) is 0 Å². The van der Waals surface area contributed by atoms with Crippen LogP contribution in [0.25, 0.3) is 0 Å². The van der Waals surface area contributed by atoms with Gasteiger partial charge in [0.25, 0.3) is 0 Å². The summed E-state index contributed by atoms with van der Waals surface area (Å²) in [5.41, 5.74) is 5.64. The lowest BCUT2D eigenvalue weighted by Crippen LogP contribution is -2.40. The smallest absolute Gasteiger partial charge is 0.224 e. The zero-order valence-electron chi connectivity index (χ0n) is 11.3. The molecule has 0 fully saturated rings. The predicted octanol–water partition coefficient (Wildman–Crippen LogP) is 2.30. The second kappa shape index (κ2) is 8.57. The maximum absolute atomic E-state index is 11.9. The van der Waals surface area contributed by atoms with Gasteiger partial charge in [0.05, 0.1) is 5.92 Å². The Morgan fingerprint density at radius 3 is 2.38 bits per heavy atom. The Balaban J connectivity index is 3.99. The molecule has 0 aromatic carbocycles. The average molecular weight is 228 g/mol. The van der Waals surface area contributed by atoms with Crippen LogP contribution >= 0.6 is 0 Å². The van der Waals surface area contributed by atoms with E-state index in [4.69, 9.17) is 5.73 Å². The number of carbonyl (C=O) groups excluding carboxylic acids is 1. The molecule has 0 aromatic heterocycles. The number of amides is 1. The molecular formula is C13H28N2O. The van der Waals surface area contributed by atoms with E-state index in [0.29, 0.717) is 12.5 Å². The quantitative estimate of drug-likeness (QED) is 0.670. The van der Waals surface area contributed by atoms with E-state index < -0.39 is 0 Å². The Morgan fingerprint density at radius 1 is 1.31 bits per heavy atom. The van der Waals surface area contributed by atoms with Gasteiger partial charge in [0, 0.05) is 12.6 Å². The van der Waals surface area contributed by atoms with Gasteiger partial charge in [0.1, 0.15) is 0 Å². The van der Waals surface area contributed by atoms with Gasteiger partial charge in [-0.2, -0.15) is 0 Å². The molecule has 2 unspecified atom stereocenters. The van der Waals surface area contributed by atoms with Crippen molar-refractivity contribution in [3.8, 4) is 0 Å². The molecule has 3 heteroatoms. The molecule has 0 radical (unpaired) electrons. The standard InChI is InChI=1S/C13H28N2O/c1-5-6-7-11(4)15-13(16)12(9-14)8-10(2)3/h10-12H,5-9,14H2,1-4H3,(H,15,16). The zero-order chi connectivity index (χ0) is 12.6. The fourth-order valence-electron chi connectivity index (χ4n) is 1.82. The van der Waals surface area contributed by atoms with Crippen LogP contribution < -0.4 is 11.1 Å². The third kappa shape index (κ3) is 6.83. The summed E-state index contributed by atoms with van der Waals surface area (Å²) in [6, 6.07) is 0.272. The van der Waals surface area contributed by atoms with E-state index in [0.717, 1.165) is 12.8 Å². The fraction of sp³-hybridized carbons (Fsp3) is 0.923. The first-order chi connectivity index (χ1) is 7.51. The number of rotatable bonds is 8. The molecule has 3 nitrogen and oxygen atoms in total. The van der Waals surface area contributed by atoms with Gasteiger partial charge < -0.3 is 11.1 Å². The molecule has 0 aliphatic carbocycles. The highest BCUT2D eigenvalue weighted by Crippen LogP contribution is 2.11. The number of hydrogen-bond acceptors (Lipinski definition) is 2. The van der Waals surface area contributed by atoms with Gasteiger partial charge in [0.2, 0.25) is 5.91 Å². The summed E-state index contributed by atoms with van der Waals surface area (Å²) in [6.07, 6.45) is 4.27. The number of nitrogens with one attached hydrogen (secondary N) is 1. The van der Waals surface area contributed by atoms with E-state index in [1.54, 1.807) is 0 Å². The van der Waals surface area contributed by atoms with Gasteiger partial charge in [-0.25, -0.2) is 0 Å². The highest BCUT2D eigenvalue weighted by Gasteiger charge is 2.19. The predicted molar refractivity (Wildman–Crippen MR) is 69.1 cm³/mol. The summed E-state index contributed by atoms with van der Waals surface area (Å²) in [4.78, 5) is 11.9. The number of unbranched alkanes of at least 4 members (excludes halogenated alkanes) is 1. The van der Waals surface area contributed by atoms with Crippen molar-refractivity contribution in [2.45, 2.75) is 59.4 Å². The molecule has 0 saturated carbocycles. The first-order valence-electron chi connectivity index (χ1n) is 6.51. The summed E-state index contributed by atoms with van der Waals surface area (Å²) < 4.78 is 0. The average Bonchev–Trinajstić information content (AvgIpc) is 2.22. The summed E-state index contributed by atoms with van der Waals surface area (Å²) in [6.45, 7) is 8.92. The van der Waals surface area contributed by atoms with Gasteiger partial charge in [-0.1, -0.05) is 33.6 Å². The lowest BCUT2D eigenvalue weighted by molar-refractivity contribution is -0.125. The molecule has 0 aliphatic rings. The molecule has 16 heavy (non-hydrogen) atoms. The molecule has 2 atom stereocenters. The number of hydrogen-bond donors (Lipinski definition) is 2. The van der Waals surface area contributed by atoms with E-state index in [1.807, 2.05) is 0 Å². The van der Waals surface area contributed by atoms with Gasteiger partial charge in [-0.05, 0) is 25.7 Å². The van der Waals surface area contributed by atoms with E-state index in [-0.39, 0.29) is 17.9 Å². The van der Waals surface area contributed by atoms with E-state index in [1.165, 1.54) is 12.8 Å². The Bertz CT molecular complexity index is 192. The molecule has 0 spiro atoms. The minimum atomic E-state index is -0.0240. The van der Waals surface area contributed by atoms with Crippen molar-refractivity contribution in [3.05, 3.63) is 0 Å². The van der Waals surface area contributed by atoms with Crippen LogP contribution in [0, 0.1) is 11.8 Å². The van der Waals surface area contributed by atoms with Crippen molar-refractivity contribution in [2.75, 3.05) is 6.54 Å². The Labute approximate surface area is 100 Å². The zero-order valence-corrected chi connectivity index (χ0v) is 11.3. The van der Waals surface area contributed by atoms with Crippen LogP contribution in [-0.4, -0.2) is 18.5 Å². The molecule has 3 N–H and O–H groups in total. The Kier molecular flexibility index (Phi) is 8.26. The largest absolute Gasteiger partial charge is 0.353 e. The maximum Gasteiger partial charge on any atom is 0.224 e. The third-order valence-electron chi connectivity index (χ3n) is 2.79.